The van der Waals surface area contributed by atoms with Crippen molar-refractivity contribution in [2.45, 2.75) is 32.9 Å². The van der Waals surface area contributed by atoms with Gasteiger partial charge in [0, 0.05) is 30.4 Å². The van der Waals surface area contributed by atoms with Crippen molar-refractivity contribution in [2.24, 2.45) is 5.92 Å². The summed E-state index contributed by atoms with van der Waals surface area (Å²) >= 11 is 0. The van der Waals surface area contributed by atoms with Crippen LogP contribution in [0, 0.1) is 12.8 Å². The predicted molar refractivity (Wildman–Crippen MR) is 101 cm³/mol. The van der Waals surface area contributed by atoms with Crippen LogP contribution in [0.4, 0.5) is 0 Å². The Balaban J connectivity index is 1.51. The quantitative estimate of drug-likeness (QED) is 0.760. The fourth-order valence-electron chi connectivity index (χ4n) is 3.43. The monoisotopic (exact) mass is 365 g/mol. The number of hydrogen-bond donors (Lipinski definition) is 1. The van der Waals surface area contributed by atoms with Crippen LogP contribution in [0.1, 0.15) is 25.1 Å². The second kappa shape index (κ2) is 7.54. The average molecular weight is 365 g/mol. The third-order valence-electron chi connectivity index (χ3n) is 4.96. The molecule has 0 bridgehead atoms. The molecule has 2 aromatic heterocycles. The summed E-state index contributed by atoms with van der Waals surface area (Å²) in [6.07, 6.45) is 2.32. The summed E-state index contributed by atoms with van der Waals surface area (Å²) < 4.78 is 5.46. The largest absolute Gasteiger partial charge is 0.393 e. The standard InChI is InChI=1S/C20H23N5O2/c1-13-11-25(9-7-18(13)26)12-19-23-20(24-27-19)16-5-3-4-15(10-16)17-6-8-21-14(2)22-17/h3-6,8,10,13,18,26H,7,9,11-12H2,1-2H3/t13-,18-/m1/s1. The van der Waals surface area contributed by atoms with Gasteiger partial charge in [-0.3, -0.25) is 4.90 Å². The highest BCUT2D eigenvalue weighted by atomic mass is 16.5. The van der Waals surface area contributed by atoms with Crippen LogP contribution < -0.4 is 0 Å². The molecule has 0 aliphatic carbocycles. The molecule has 140 valence electrons. The number of nitrogens with zero attached hydrogens (tertiary/aromatic N) is 5. The van der Waals surface area contributed by atoms with Crippen LogP contribution >= 0.6 is 0 Å². The number of hydrogen-bond acceptors (Lipinski definition) is 7. The molecule has 0 unspecified atom stereocenters. The van der Waals surface area contributed by atoms with Gasteiger partial charge in [0.15, 0.2) is 0 Å². The molecule has 1 aromatic carbocycles. The van der Waals surface area contributed by atoms with E-state index in [1.807, 2.05) is 37.3 Å². The zero-order valence-electron chi connectivity index (χ0n) is 15.5. The molecule has 4 rings (SSSR count). The molecule has 0 amide bonds. The lowest BCUT2D eigenvalue weighted by molar-refractivity contribution is 0.0282. The van der Waals surface area contributed by atoms with Crippen molar-refractivity contribution in [1.29, 1.82) is 0 Å². The molecule has 1 saturated heterocycles. The minimum atomic E-state index is -0.215. The van der Waals surface area contributed by atoms with Gasteiger partial charge in [-0.1, -0.05) is 30.3 Å². The number of aliphatic hydroxyl groups is 1. The molecule has 27 heavy (non-hydrogen) atoms. The Morgan fingerprint density at radius 1 is 1.22 bits per heavy atom. The van der Waals surface area contributed by atoms with Gasteiger partial charge in [0.1, 0.15) is 5.82 Å². The van der Waals surface area contributed by atoms with Crippen LogP contribution in [0.5, 0.6) is 0 Å². The van der Waals surface area contributed by atoms with E-state index in [1.165, 1.54) is 0 Å². The van der Waals surface area contributed by atoms with Crippen LogP contribution in [-0.4, -0.2) is 49.3 Å². The Morgan fingerprint density at radius 2 is 2.07 bits per heavy atom. The maximum Gasteiger partial charge on any atom is 0.241 e. The van der Waals surface area contributed by atoms with Crippen molar-refractivity contribution in [3.05, 3.63) is 48.2 Å². The summed E-state index contributed by atoms with van der Waals surface area (Å²) in [4.78, 5) is 15.4. The molecule has 1 N–H and O–H groups in total. The Morgan fingerprint density at radius 3 is 2.89 bits per heavy atom. The normalized spacial score (nSPS) is 20.7. The van der Waals surface area contributed by atoms with Gasteiger partial charge in [0.2, 0.25) is 11.7 Å². The van der Waals surface area contributed by atoms with Crippen molar-refractivity contribution in [2.75, 3.05) is 13.1 Å². The average Bonchev–Trinajstić information content (AvgIpc) is 3.13. The SMILES string of the molecule is Cc1nccc(-c2cccc(-c3noc(CN4CC[C@@H](O)[C@H](C)C4)n3)c2)n1. The van der Waals surface area contributed by atoms with E-state index in [0.29, 0.717) is 18.3 Å². The number of aromatic nitrogens is 4. The summed E-state index contributed by atoms with van der Waals surface area (Å²) in [5.41, 5.74) is 2.75. The van der Waals surface area contributed by atoms with Gasteiger partial charge in [-0.15, -0.1) is 0 Å². The highest BCUT2D eigenvalue weighted by Crippen LogP contribution is 2.24. The zero-order valence-corrected chi connectivity index (χ0v) is 15.5. The van der Waals surface area contributed by atoms with Crippen molar-refractivity contribution in [1.82, 2.24) is 25.0 Å². The maximum absolute atomic E-state index is 9.86. The minimum absolute atomic E-state index is 0.215. The first-order valence-corrected chi connectivity index (χ1v) is 9.22. The first-order chi connectivity index (χ1) is 13.1. The van der Waals surface area contributed by atoms with Gasteiger partial charge < -0.3 is 9.63 Å². The highest BCUT2D eigenvalue weighted by Gasteiger charge is 2.25. The van der Waals surface area contributed by atoms with E-state index in [2.05, 4.69) is 31.9 Å². The Bertz CT molecular complexity index is 926. The Kier molecular flexibility index (Phi) is 4.96. The second-order valence-electron chi connectivity index (χ2n) is 7.15. The summed E-state index contributed by atoms with van der Waals surface area (Å²) in [7, 11) is 0. The van der Waals surface area contributed by atoms with Crippen molar-refractivity contribution >= 4 is 0 Å². The molecule has 0 spiro atoms. The molecule has 1 fully saturated rings. The van der Waals surface area contributed by atoms with Crippen LogP contribution in [0.15, 0.2) is 41.1 Å². The van der Waals surface area contributed by atoms with Crippen LogP contribution in [0.25, 0.3) is 22.6 Å². The summed E-state index contributed by atoms with van der Waals surface area (Å²) in [6.45, 7) is 6.22. The van der Waals surface area contributed by atoms with Gasteiger partial charge in [-0.05, 0) is 31.4 Å². The zero-order chi connectivity index (χ0) is 18.8. The van der Waals surface area contributed by atoms with Crippen molar-refractivity contribution < 1.29 is 9.63 Å². The number of aryl methyl sites for hydroxylation is 1. The minimum Gasteiger partial charge on any atom is -0.393 e. The molecule has 1 aliphatic heterocycles. The van der Waals surface area contributed by atoms with E-state index < -0.39 is 0 Å². The fourth-order valence-corrected chi connectivity index (χ4v) is 3.43. The molecule has 0 radical (unpaired) electrons. The molecular weight excluding hydrogens is 342 g/mol. The number of piperidine rings is 1. The molecule has 7 heteroatoms. The lowest BCUT2D eigenvalue weighted by atomic mass is 9.97. The molecular formula is C20H23N5O2. The van der Waals surface area contributed by atoms with Crippen LogP contribution in [0.3, 0.4) is 0 Å². The maximum atomic E-state index is 9.86. The van der Waals surface area contributed by atoms with Gasteiger partial charge in [-0.2, -0.15) is 4.98 Å². The molecule has 0 saturated carbocycles. The van der Waals surface area contributed by atoms with E-state index in [1.54, 1.807) is 6.20 Å². The fraction of sp³-hybridized carbons (Fsp3) is 0.400. The molecule has 3 aromatic rings. The smallest absolute Gasteiger partial charge is 0.241 e. The Hall–Kier alpha value is -2.64. The van der Waals surface area contributed by atoms with Crippen molar-refractivity contribution in [3.8, 4) is 22.6 Å². The van der Waals surface area contributed by atoms with Gasteiger partial charge in [-0.25, -0.2) is 9.97 Å². The first-order valence-electron chi connectivity index (χ1n) is 9.22. The van der Waals surface area contributed by atoms with Gasteiger partial charge >= 0.3 is 0 Å². The second-order valence-corrected chi connectivity index (χ2v) is 7.15. The van der Waals surface area contributed by atoms with E-state index in [9.17, 15) is 5.11 Å². The predicted octanol–water partition coefficient (Wildman–Crippen LogP) is 2.70. The third kappa shape index (κ3) is 4.04. The lowest BCUT2D eigenvalue weighted by Gasteiger charge is -2.33. The number of aliphatic hydroxyl groups excluding tert-OH is 1. The van der Waals surface area contributed by atoms with E-state index in [-0.39, 0.29) is 12.0 Å². The van der Waals surface area contributed by atoms with E-state index in [4.69, 9.17) is 4.52 Å². The Labute approximate surface area is 158 Å². The van der Waals surface area contributed by atoms with E-state index >= 15 is 0 Å². The first kappa shape index (κ1) is 17.8. The highest BCUT2D eigenvalue weighted by molar-refractivity contribution is 5.67. The summed E-state index contributed by atoms with van der Waals surface area (Å²) in [5, 5.41) is 14.0. The molecule has 2 atom stereocenters. The number of rotatable bonds is 4. The van der Waals surface area contributed by atoms with Crippen LogP contribution in [-0.2, 0) is 6.54 Å². The van der Waals surface area contributed by atoms with Gasteiger partial charge in [0.05, 0.1) is 18.3 Å². The molecule has 3 heterocycles. The van der Waals surface area contributed by atoms with Gasteiger partial charge in [0.25, 0.3) is 0 Å². The van der Waals surface area contributed by atoms with E-state index in [0.717, 1.165) is 42.2 Å². The summed E-state index contributed by atoms with van der Waals surface area (Å²) in [5.74, 6) is 2.16. The lowest BCUT2D eigenvalue weighted by Crippen LogP contribution is -2.41. The van der Waals surface area contributed by atoms with Crippen LogP contribution in [0.2, 0.25) is 0 Å². The number of likely N-dealkylation sites (tertiary alicyclic amines) is 1. The number of benzene rings is 1. The summed E-state index contributed by atoms with van der Waals surface area (Å²) in [6, 6.07) is 9.83. The molecule has 7 nitrogen and oxygen atoms in total. The topological polar surface area (TPSA) is 88.2 Å². The van der Waals surface area contributed by atoms with Crippen molar-refractivity contribution in [3.63, 3.8) is 0 Å². The molecule has 1 aliphatic rings. The third-order valence-corrected chi connectivity index (χ3v) is 4.96.